The van der Waals surface area contributed by atoms with Crippen LogP contribution in [0.15, 0.2) is 36.1 Å². The molecule has 0 spiro atoms. The summed E-state index contributed by atoms with van der Waals surface area (Å²) in [4.78, 5) is 2.48. The number of ether oxygens (including phenoxy) is 1. The van der Waals surface area contributed by atoms with Crippen molar-refractivity contribution in [3.8, 4) is 5.75 Å². The summed E-state index contributed by atoms with van der Waals surface area (Å²) in [5.41, 5.74) is 0.371. The van der Waals surface area contributed by atoms with Gasteiger partial charge in [-0.25, -0.2) is 0 Å². The Morgan fingerprint density at radius 3 is 2.60 bits per heavy atom. The Bertz CT molecular complexity index is 510. The summed E-state index contributed by atoms with van der Waals surface area (Å²) < 4.78 is 6.01. The molecule has 0 saturated carbocycles. The van der Waals surface area contributed by atoms with E-state index in [1.165, 1.54) is 24.8 Å². The molecule has 0 bridgehead atoms. The molecular weight excluding hydrogens is 250 g/mol. The molecule has 0 amide bonds. The molecular formula is C17H23NO2. The number of likely N-dealkylation sites (tertiary alicyclic amines) is 1. The molecule has 1 aromatic rings. The van der Waals surface area contributed by atoms with Crippen LogP contribution in [0.1, 0.15) is 44.7 Å². The number of aliphatic hydroxyl groups is 1. The van der Waals surface area contributed by atoms with Gasteiger partial charge in [0.2, 0.25) is 0 Å². The average molecular weight is 273 g/mol. The van der Waals surface area contributed by atoms with Gasteiger partial charge in [-0.2, -0.15) is 0 Å². The second kappa shape index (κ2) is 5.23. The molecule has 3 nitrogen and oxygen atoms in total. The molecule has 0 aliphatic carbocycles. The SMILES string of the molecule is CC(C)(O)/C=C1\Oc2ccccc2[C@@H]1N1CCCCC1. The summed E-state index contributed by atoms with van der Waals surface area (Å²) in [5, 5.41) is 10.1. The summed E-state index contributed by atoms with van der Waals surface area (Å²) in [5.74, 6) is 1.80. The Balaban J connectivity index is 1.97. The molecule has 0 unspecified atom stereocenters. The van der Waals surface area contributed by atoms with Crippen LogP contribution in [0, 0.1) is 0 Å². The minimum absolute atomic E-state index is 0.165. The fourth-order valence-electron chi connectivity index (χ4n) is 3.15. The smallest absolute Gasteiger partial charge is 0.132 e. The van der Waals surface area contributed by atoms with Gasteiger partial charge < -0.3 is 9.84 Å². The van der Waals surface area contributed by atoms with Gasteiger partial charge in [-0.05, 0) is 51.9 Å². The molecule has 3 heteroatoms. The zero-order chi connectivity index (χ0) is 14.2. The number of rotatable bonds is 2. The lowest BCUT2D eigenvalue weighted by Gasteiger charge is -2.32. The maximum Gasteiger partial charge on any atom is 0.132 e. The Kier molecular flexibility index (Phi) is 3.57. The van der Waals surface area contributed by atoms with E-state index in [2.05, 4.69) is 17.0 Å². The van der Waals surface area contributed by atoms with E-state index in [9.17, 15) is 5.11 Å². The molecule has 1 saturated heterocycles. The molecule has 20 heavy (non-hydrogen) atoms. The second-order valence-electron chi connectivity index (χ2n) is 6.34. The predicted octanol–water partition coefficient (Wildman–Crippen LogP) is 3.26. The van der Waals surface area contributed by atoms with Crippen LogP contribution in [-0.4, -0.2) is 28.7 Å². The van der Waals surface area contributed by atoms with E-state index in [0.717, 1.165) is 24.6 Å². The number of hydrogen-bond acceptors (Lipinski definition) is 3. The van der Waals surface area contributed by atoms with Crippen LogP contribution in [0.4, 0.5) is 0 Å². The first kappa shape index (κ1) is 13.7. The molecule has 0 aromatic heterocycles. The molecule has 3 rings (SSSR count). The lowest BCUT2D eigenvalue weighted by atomic mass is 9.99. The van der Waals surface area contributed by atoms with E-state index >= 15 is 0 Å². The topological polar surface area (TPSA) is 32.7 Å². The maximum atomic E-state index is 10.1. The van der Waals surface area contributed by atoms with E-state index in [4.69, 9.17) is 4.74 Å². The second-order valence-corrected chi connectivity index (χ2v) is 6.34. The van der Waals surface area contributed by atoms with Crippen LogP contribution in [0.3, 0.4) is 0 Å². The van der Waals surface area contributed by atoms with Crippen LogP contribution in [-0.2, 0) is 0 Å². The van der Waals surface area contributed by atoms with Crippen LogP contribution in [0.5, 0.6) is 5.75 Å². The van der Waals surface area contributed by atoms with Crippen LogP contribution in [0.2, 0.25) is 0 Å². The van der Waals surface area contributed by atoms with Gasteiger partial charge in [0, 0.05) is 5.56 Å². The number of para-hydroxylation sites is 1. The number of nitrogens with zero attached hydrogens (tertiary/aromatic N) is 1. The molecule has 1 fully saturated rings. The summed E-state index contributed by atoms with van der Waals surface area (Å²) in [7, 11) is 0. The van der Waals surface area contributed by atoms with Crippen molar-refractivity contribution in [1.82, 2.24) is 4.90 Å². The van der Waals surface area contributed by atoms with Crippen LogP contribution < -0.4 is 4.74 Å². The standard InChI is InChI=1S/C17H23NO2/c1-17(2,19)12-15-16(18-10-6-3-7-11-18)13-8-4-5-9-14(13)20-15/h4-5,8-9,12,16,19H,3,6-7,10-11H2,1-2H3/b15-12-/t16-/m0/s1. The zero-order valence-corrected chi connectivity index (χ0v) is 12.3. The summed E-state index contributed by atoms with van der Waals surface area (Å²) in [6.07, 6.45) is 5.66. The Hall–Kier alpha value is -1.32. The van der Waals surface area contributed by atoms with E-state index < -0.39 is 5.60 Å². The van der Waals surface area contributed by atoms with E-state index in [-0.39, 0.29) is 6.04 Å². The molecule has 1 aromatic carbocycles. The third-order valence-electron chi connectivity index (χ3n) is 3.96. The summed E-state index contributed by atoms with van der Waals surface area (Å²) in [6.45, 7) is 5.79. The van der Waals surface area contributed by atoms with Gasteiger partial charge in [-0.1, -0.05) is 24.6 Å². The van der Waals surface area contributed by atoms with Gasteiger partial charge >= 0.3 is 0 Å². The molecule has 2 aliphatic heterocycles. The molecule has 2 heterocycles. The van der Waals surface area contributed by atoms with Gasteiger partial charge in [0.05, 0.1) is 11.6 Å². The Labute approximate surface area is 120 Å². The monoisotopic (exact) mass is 273 g/mol. The Morgan fingerprint density at radius 2 is 1.90 bits per heavy atom. The van der Waals surface area contributed by atoms with Gasteiger partial charge in [0.25, 0.3) is 0 Å². The first-order valence-electron chi connectivity index (χ1n) is 7.50. The van der Waals surface area contributed by atoms with Crippen LogP contribution in [0.25, 0.3) is 0 Å². The highest BCUT2D eigenvalue weighted by Gasteiger charge is 2.35. The van der Waals surface area contributed by atoms with Crippen molar-refractivity contribution < 1.29 is 9.84 Å². The number of benzene rings is 1. The highest BCUT2D eigenvalue weighted by atomic mass is 16.5. The normalized spacial score (nSPS) is 25.6. The quantitative estimate of drug-likeness (QED) is 0.897. The van der Waals surface area contributed by atoms with Crippen molar-refractivity contribution in [1.29, 1.82) is 0 Å². The predicted molar refractivity (Wildman–Crippen MR) is 79.6 cm³/mol. The lowest BCUT2D eigenvalue weighted by Crippen LogP contribution is -2.34. The molecule has 1 N–H and O–H groups in total. The minimum Gasteiger partial charge on any atom is -0.460 e. The summed E-state index contributed by atoms with van der Waals surface area (Å²) >= 11 is 0. The molecule has 1 atom stereocenters. The van der Waals surface area contributed by atoms with Crippen molar-refractivity contribution >= 4 is 0 Å². The first-order valence-corrected chi connectivity index (χ1v) is 7.50. The number of hydrogen-bond donors (Lipinski definition) is 1. The minimum atomic E-state index is -0.856. The highest BCUT2D eigenvalue weighted by Crippen LogP contribution is 2.43. The largest absolute Gasteiger partial charge is 0.460 e. The van der Waals surface area contributed by atoms with Gasteiger partial charge in [-0.15, -0.1) is 0 Å². The maximum absolute atomic E-state index is 10.1. The lowest BCUT2D eigenvalue weighted by molar-refractivity contribution is 0.122. The van der Waals surface area contributed by atoms with Crippen molar-refractivity contribution in [3.05, 3.63) is 41.7 Å². The van der Waals surface area contributed by atoms with Gasteiger partial charge in [0.1, 0.15) is 11.5 Å². The number of piperidine rings is 1. The van der Waals surface area contributed by atoms with Crippen molar-refractivity contribution in [2.45, 2.75) is 44.8 Å². The van der Waals surface area contributed by atoms with E-state index in [1.807, 2.05) is 18.2 Å². The van der Waals surface area contributed by atoms with Crippen molar-refractivity contribution in [2.24, 2.45) is 0 Å². The van der Waals surface area contributed by atoms with Crippen LogP contribution >= 0.6 is 0 Å². The summed E-state index contributed by atoms with van der Waals surface area (Å²) in [6, 6.07) is 8.38. The van der Waals surface area contributed by atoms with Crippen molar-refractivity contribution in [2.75, 3.05) is 13.1 Å². The highest BCUT2D eigenvalue weighted by molar-refractivity contribution is 5.46. The molecule has 108 valence electrons. The number of fused-ring (bicyclic) bond motifs is 1. The van der Waals surface area contributed by atoms with Gasteiger partial charge in [0.15, 0.2) is 0 Å². The fourth-order valence-corrected chi connectivity index (χ4v) is 3.15. The molecule has 0 radical (unpaired) electrons. The fraction of sp³-hybridized carbons (Fsp3) is 0.529. The average Bonchev–Trinajstić information content (AvgIpc) is 2.75. The Morgan fingerprint density at radius 1 is 1.20 bits per heavy atom. The van der Waals surface area contributed by atoms with Gasteiger partial charge in [-0.3, -0.25) is 4.90 Å². The first-order chi connectivity index (χ1) is 9.54. The van der Waals surface area contributed by atoms with E-state index in [0.29, 0.717) is 0 Å². The third-order valence-corrected chi connectivity index (χ3v) is 3.96. The zero-order valence-electron chi connectivity index (χ0n) is 12.3. The van der Waals surface area contributed by atoms with E-state index in [1.54, 1.807) is 13.8 Å². The van der Waals surface area contributed by atoms with Crippen molar-refractivity contribution in [3.63, 3.8) is 0 Å². The third kappa shape index (κ3) is 2.74. The molecule has 2 aliphatic rings.